The molecule has 0 heterocycles. The van der Waals surface area contributed by atoms with Crippen molar-refractivity contribution in [2.24, 2.45) is 0 Å². The number of rotatable bonds is 16. The number of unbranched alkanes of at least 4 members (excludes halogenated alkanes) is 11. The number of ether oxygens (including phenoxy) is 1. The van der Waals surface area contributed by atoms with Crippen LogP contribution in [0.3, 0.4) is 0 Å². The monoisotopic (exact) mass is 491 g/mol. The van der Waals surface area contributed by atoms with Gasteiger partial charge in [-0.3, -0.25) is 4.79 Å². The Kier molecular flexibility index (Phi) is 11.4. The highest BCUT2D eigenvalue weighted by atomic mass is 16.5. The first kappa shape index (κ1) is 27.4. The van der Waals surface area contributed by atoms with Crippen molar-refractivity contribution in [1.29, 1.82) is 0 Å². The van der Waals surface area contributed by atoms with Crippen molar-refractivity contribution in [3.05, 3.63) is 60.2 Å². The van der Waals surface area contributed by atoms with Gasteiger partial charge in [0.25, 0.3) is 5.91 Å². The van der Waals surface area contributed by atoms with Gasteiger partial charge in [0.1, 0.15) is 17.2 Å². The first-order valence-electron chi connectivity index (χ1n) is 13.6. The lowest BCUT2D eigenvalue weighted by atomic mass is 10.0. The zero-order valence-electron chi connectivity index (χ0n) is 21.6. The average molecular weight is 492 g/mol. The maximum Gasteiger partial charge on any atom is 0.259 e. The Morgan fingerprint density at radius 2 is 1.31 bits per heavy atom. The third-order valence-corrected chi connectivity index (χ3v) is 6.63. The second-order valence-corrected chi connectivity index (χ2v) is 9.53. The summed E-state index contributed by atoms with van der Waals surface area (Å²) < 4.78 is 5.96. The van der Waals surface area contributed by atoms with E-state index in [0.717, 1.165) is 12.8 Å². The maximum atomic E-state index is 12.9. The molecule has 0 bridgehead atoms. The first-order valence-corrected chi connectivity index (χ1v) is 13.6. The Morgan fingerprint density at radius 1 is 0.750 bits per heavy atom. The highest BCUT2D eigenvalue weighted by molar-refractivity contribution is 6.11. The minimum atomic E-state index is -0.505. The molecule has 0 aromatic heterocycles. The van der Waals surface area contributed by atoms with E-state index in [9.17, 15) is 15.0 Å². The van der Waals surface area contributed by atoms with Crippen LogP contribution in [0.1, 0.15) is 94.3 Å². The van der Waals surface area contributed by atoms with Crippen LogP contribution in [0.2, 0.25) is 0 Å². The number of carbonyl (C=O) groups excluding carboxylic acids is 1. The minimum Gasteiger partial charge on any atom is -0.507 e. The molecule has 3 N–H and O–H groups in total. The second-order valence-electron chi connectivity index (χ2n) is 9.53. The number of benzene rings is 3. The summed E-state index contributed by atoms with van der Waals surface area (Å²) in [7, 11) is 0. The number of phenolic OH excluding ortho intramolecular Hbond substituents is 2. The molecule has 3 aromatic rings. The van der Waals surface area contributed by atoms with Gasteiger partial charge in [0.05, 0.1) is 17.9 Å². The molecule has 0 radical (unpaired) electrons. The summed E-state index contributed by atoms with van der Waals surface area (Å²) in [5.41, 5.74) is 0.551. The average Bonchev–Trinajstić information content (AvgIpc) is 2.89. The normalized spacial score (nSPS) is 11.0. The predicted octanol–water partition coefficient (Wildman–Crippen LogP) is 8.58. The largest absolute Gasteiger partial charge is 0.507 e. The summed E-state index contributed by atoms with van der Waals surface area (Å²) >= 11 is 0. The summed E-state index contributed by atoms with van der Waals surface area (Å²) in [5, 5.41) is 24.7. The van der Waals surface area contributed by atoms with E-state index >= 15 is 0 Å². The van der Waals surface area contributed by atoms with Crippen molar-refractivity contribution in [3.63, 3.8) is 0 Å². The third kappa shape index (κ3) is 8.18. The Hall–Kier alpha value is -3.21. The van der Waals surface area contributed by atoms with Gasteiger partial charge in [-0.15, -0.1) is 0 Å². The Labute approximate surface area is 215 Å². The van der Waals surface area contributed by atoms with Gasteiger partial charge in [-0.25, -0.2) is 0 Å². The molecule has 0 saturated heterocycles. The molecule has 0 fully saturated rings. The van der Waals surface area contributed by atoms with Crippen LogP contribution in [0.15, 0.2) is 54.6 Å². The fourth-order valence-electron chi connectivity index (χ4n) is 4.52. The molecule has 0 unspecified atom stereocenters. The van der Waals surface area contributed by atoms with E-state index in [1.807, 2.05) is 18.2 Å². The van der Waals surface area contributed by atoms with Crippen molar-refractivity contribution in [2.75, 3.05) is 11.9 Å². The maximum absolute atomic E-state index is 12.9. The van der Waals surface area contributed by atoms with Crippen LogP contribution >= 0.6 is 0 Å². The van der Waals surface area contributed by atoms with E-state index in [2.05, 4.69) is 12.2 Å². The number of hydrogen-bond acceptors (Lipinski definition) is 4. The van der Waals surface area contributed by atoms with Crippen LogP contribution in [-0.2, 0) is 0 Å². The minimum absolute atomic E-state index is 0.0157. The number of anilines is 1. The molecule has 194 valence electrons. The zero-order valence-corrected chi connectivity index (χ0v) is 21.6. The van der Waals surface area contributed by atoms with Crippen LogP contribution in [0.4, 0.5) is 5.69 Å². The van der Waals surface area contributed by atoms with Gasteiger partial charge in [-0.1, -0.05) is 114 Å². The molecule has 3 rings (SSSR count). The fraction of sp³-hybridized carbons (Fsp3) is 0.452. The zero-order chi connectivity index (χ0) is 25.6. The molecule has 0 aliphatic rings. The quantitative estimate of drug-likeness (QED) is 0.138. The molecule has 0 atom stereocenters. The van der Waals surface area contributed by atoms with E-state index in [1.54, 1.807) is 30.3 Å². The van der Waals surface area contributed by atoms with E-state index in [1.165, 1.54) is 70.3 Å². The highest BCUT2D eigenvalue weighted by Crippen LogP contribution is 2.36. The lowest BCUT2D eigenvalue weighted by Gasteiger charge is -2.14. The van der Waals surface area contributed by atoms with E-state index < -0.39 is 5.91 Å². The van der Waals surface area contributed by atoms with Gasteiger partial charge in [-0.05, 0) is 24.6 Å². The molecule has 0 aliphatic heterocycles. The van der Waals surface area contributed by atoms with Crippen LogP contribution in [0, 0.1) is 0 Å². The Bertz CT molecular complexity index is 1100. The van der Waals surface area contributed by atoms with E-state index in [0.29, 0.717) is 28.8 Å². The summed E-state index contributed by atoms with van der Waals surface area (Å²) in [6.07, 6.45) is 15.5. The SMILES string of the molecule is CCCCCCCCCCCCCCOc1ccccc1NC(=O)c1cc(O)c2ccccc2c1O. The van der Waals surface area contributed by atoms with Gasteiger partial charge in [0, 0.05) is 10.8 Å². The molecular weight excluding hydrogens is 450 g/mol. The van der Waals surface area contributed by atoms with Crippen molar-refractivity contribution in [3.8, 4) is 17.2 Å². The van der Waals surface area contributed by atoms with Crippen molar-refractivity contribution >= 4 is 22.4 Å². The van der Waals surface area contributed by atoms with Crippen molar-refractivity contribution in [2.45, 2.75) is 84.0 Å². The van der Waals surface area contributed by atoms with Crippen molar-refractivity contribution < 1.29 is 19.7 Å². The number of aromatic hydroxyl groups is 2. The fourth-order valence-corrected chi connectivity index (χ4v) is 4.52. The van der Waals surface area contributed by atoms with Gasteiger partial charge >= 0.3 is 0 Å². The molecular formula is C31H41NO4. The van der Waals surface area contributed by atoms with Crippen LogP contribution in [0.5, 0.6) is 17.2 Å². The van der Waals surface area contributed by atoms with E-state index in [4.69, 9.17) is 4.74 Å². The van der Waals surface area contributed by atoms with E-state index in [-0.39, 0.29) is 17.1 Å². The van der Waals surface area contributed by atoms with Gasteiger partial charge < -0.3 is 20.3 Å². The van der Waals surface area contributed by atoms with Crippen molar-refractivity contribution in [1.82, 2.24) is 0 Å². The number of fused-ring (bicyclic) bond motifs is 1. The standard InChI is InChI=1S/C31H41NO4/c1-2-3-4-5-6-7-8-9-10-11-12-17-22-36-29-21-16-15-20-27(29)32-31(35)26-23-28(33)24-18-13-14-19-25(24)30(26)34/h13-16,18-21,23,33-34H,2-12,17,22H2,1H3,(H,32,35). The smallest absolute Gasteiger partial charge is 0.259 e. The van der Waals surface area contributed by atoms with Gasteiger partial charge in [-0.2, -0.15) is 0 Å². The van der Waals surface area contributed by atoms with Crippen LogP contribution in [-0.4, -0.2) is 22.7 Å². The third-order valence-electron chi connectivity index (χ3n) is 6.63. The number of hydrogen-bond donors (Lipinski definition) is 3. The molecule has 5 heteroatoms. The number of carbonyl (C=O) groups is 1. The number of nitrogens with one attached hydrogen (secondary N) is 1. The summed E-state index contributed by atoms with van der Waals surface area (Å²) in [4.78, 5) is 12.9. The molecule has 0 saturated carbocycles. The summed E-state index contributed by atoms with van der Waals surface area (Å²) in [6, 6.07) is 15.5. The number of amides is 1. The molecule has 1 amide bonds. The molecule has 0 spiro atoms. The van der Waals surface area contributed by atoms with Crippen LogP contribution in [0.25, 0.3) is 10.8 Å². The summed E-state index contributed by atoms with van der Waals surface area (Å²) in [6.45, 7) is 2.85. The van der Waals surface area contributed by atoms with Crippen LogP contribution < -0.4 is 10.1 Å². The number of phenols is 2. The Balaban J connectivity index is 1.41. The highest BCUT2D eigenvalue weighted by Gasteiger charge is 2.18. The number of para-hydroxylation sites is 2. The molecule has 36 heavy (non-hydrogen) atoms. The van der Waals surface area contributed by atoms with Gasteiger partial charge in [0.15, 0.2) is 0 Å². The summed E-state index contributed by atoms with van der Waals surface area (Å²) in [5.74, 6) is -0.116. The first-order chi connectivity index (χ1) is 17.6. The topological polar surface area (TPSA) is 78.8 Å². The molecule has 3 aromatic carbocycles. The Morgan fingerprint density at radius 3 is 1.97 bits per heavy atom. The van der Waals surface area contributed by atoms with Gasteiger partial charge in [0.2, 0.25) is 0 Å². The molecule has 5 nitrogen and oxygen atoms in total. The molecule has 0 aliphatic carbocycles. The lowest BCUT2D eigenvalue weighted by Crippen LogP contribution is -2.13. The predicted molar refractivity (Wildman–Crippen MR) is 148 cm³/mol. The second kappa shape index (κ2) is 15.0. The lowest BCUT2D eigenvalue weighted by molar-refractivity contribution is 0.102.